The van der Waals surface area contributed by atoms with Crippen LogP contribution in [0.25, 0.3) is 0 Å². The highest BCUT2D eigenvalue weighted by atomic mass is 35.5. The van der Waals surface area contributed by atoms with Crippen LogP contribution in [-0.4, -0.2) is 23.2 Å². The van der Waals surface area contributed by atoms with Crippen LogP contribution in [-0.2, 0) is 13.1 Å². The predicted molar refractivity (Wildman–Crippen MR) is 86.1 cm³/mol. The lowest BCUT2D eigenvalue weighted by Gasteiger charge is -2.21. The number of halogens is 1. The van der Waals surface area contributed by atoms with Crippen molar-refractivity contribution in [3.05, 3.63) is 71.3 Å². The van der Waals surface area contributed by atoms with Crippen molar-refractivity contribution in [1.82, 2.24) is 4.90 Å². The molecule has 0 aromatic heterocycles. The summed E-state index contributed by atoms with van der Waals surface area (Å²) in [4.78, 5) is 2.26. The largest absolute Gasteiger partial charge is 0.395 e. The smallest absolute Gasteiger partial charge is 0.0558 e. The van der Waals surface area contributed by atoms with Crippen molar-refractivity contribution in [2.24, 2.45) is 0 Å². The normalized spacial score (nSPS) is 10.3. The average Bonchev–Trinajstić information content (AvgIpc) is 2.43. The Labute approximate surface area is 127 Å². The Morgan fingerprint density at radius 2 is 1.40 bits per heavy atom. The number of nitrogens with zero attached hydrogens (tertiary/aromatic N) is 1. The summed E-state index contributed by atoms with van der Waals surface area (Å²) in [5, 5.41) is 9.20. The molecule has 2 rings (SSSR count). The van der Waals surface area contributed by atoms with Crippen molar-refractivity contribution in [2.75, 3.05) is 13.2 Å². The molecule has 0 bridgehead atoms. The zero-order valence-corrected chi connectivity index (χ0v) is 12.6. The summed E-state index contributed by atoms with van der Waals surface area (Å²) in [5.74, 6) is 0. The first-order valence-corrected chi connectivity index (χ1v) is 6.70. The molecule has 0 unspecified atom stereocenters. The Balaban J connectivity index is 0.00000200. The van der Waals surface area contributed by atoms with Gasteiger partial charge >= 0.3 is 0 Å². The first-order valence-electron chi connectivity index (χ1n) is 6.70. The van der Waals surface area contributed by atoms with E-state index in [4.69, 9.17) is 0 Å². The molecule has 20 heavy (non-hydrogen) atoms. The molecule has 0 amide bonds. The lowest BCUT2D eigenvalue weighted by atomic mass is 10.1. The molecular weight excluding hydrogens is 270 g/mol. The van der Waals surface area contributed by atoms with Gasteiger partial charge in [0.15, 0.2) is 0 Å². The van der Waals surface area contributed by atoms with Crippen LogP contribution in [0.1, 0.15) is 16.7 Å². The minimum Gasteiger partial charge on any atom is -0.395 e. The summed E-state index contributed by atoms with van der Waals surface area (Å²) >= 11 is 0. The minimum atomic E-state index is 0. The predicted octanol–water partition coefficient (Wildman–Crippen LogP) is 3.41. The molecule has 3 heteroatoms. The summed E-state index contributed by atoms with van der Waals surface area (Å²) in [6, 6.07) is 19.0. The Morgan fingerprint density at radius 3 is 1.95 bits per heavy atom. The molecule has 0 heterocycles. The molecule has 2 aromatic rings. The van der Waals surface area contributed by atoms with Gasteiger partial charge < -0.3 is 5.11 Å². The van der Waals surface area contributed by atoms with Gasteiger partial charge in [-0.25, -0.2) is 0 Å². The van der Waals surface area contributed by atoms with Crippen molar-refractivity contribution in [3.8, 4) is 0 Å². The van der Waals surface area contributed by atoms with Gasteiger partial charge in [0.25, 0.3) is 0 Å². The monoisotopic (exact) mass is 291 g/mol. The molecule has 0 spiro atoms. The molecule has 0 aliphatic carbocycles. The van der Waals surface area contributed by atoms with E-state index < -0.39 is 0 Å². The molecule has 0 fully saturated rings. The standard InChI is InChI=1S/C17H21NO.ClH/c1-15-7-9-17(10-8-15)14-18(11-12-19)13-16-5-3-2-4-6-16;/h2-10,19H,11-14H2,1H3;1H. The molecule has 0 radical (unpaired) electrons. The van der Waals surface area contributed by atoms with E-state index in [1.165, 1.54) is 16.7 Å². The Morgan fingerprint density at radius 1 is 0.850 bits per heavy atom. The molecule has 0 aliphatic heterocycles. The van der Waals surface area contributed by atoms with Crippen molar-refractivity contribution < 1.29 is 5.11 Å². The summed E-state index contributed by atoms with van der Waals surface area (Å²) < 4.78 is 0. The first-order chi connectivity index (χ1) is 9.28. The maximum absolute atomic E-state index is 9.20. The van der Waals surface area contributed by atoms with Gasteiger partial charge in [-0.3, -0.25) is 4.90 Å². The molecule has 2 aromatic carbocycles. The van der Waals surface area contributed by atoms with E-state index in [-0.39, 0.29) is 19.0 Å². The van der Waals surface area contributed by atoms with Crippen LogP contribution in [0.15, 0.2) is 54.6 Å². The fourth-order valence-electron chi connectivity index (χ4n) is 2.15. The molecule has 108 valence electrons. The average molecular weight is 292 g/mol. The maximum atomic E-state index is 9.20. The summed E-state index contributed by atoms with van der Waals surface area (Å²) in [5.41, 5.74) is 3.85. The Bertz CT molecular complexity index is 484. The van der Waals surface area contributed by atoms with Gasteiger partial charge in [0.2, 0.25) is 0 Å². The van der Waals surface area contributed by atoms with E-state index >= 15 is 0 Å². The Kier molecular flexibility index (Phi) is 7.31. The zero-order chi connectivity index (χ0) is 13.5. The maximum Gasteiger partial charge on any atom is 0.0558 e. The van der Waals surface area contributed by atoms with E-state index in [2.05, 4.69) is 60.4 Å². The molecule has 1 N–H and O–H groups in total. The van der Waals surface area contributed by atoms with E-state index in [1.807, 2.05) is 6.07 Å². The number of rotatable bonds is 6. The number of hydrogen-bond donors (Lipinski definition) is 1. The Hall–Kier alpha value is -1.35. The van der Waals surface area contributed by atoms with Crippen molar-refractivity contribution >= 4 is 12.4 Å². The van der Waals surface area contributed by atoms with Gasteiger partial charge in [-0.1, -0.05) is 60.2 Å². The van der Waals surface area contributed by atoms with Crippen LogP contribution in [0.2, 0.25) is 0 Å². The van der Waals surface area contributed by atoms with Gasteiger partial charge in [0, 0.05) is 19.6 Å². The van der Waals surface area contributed by atoms with Gasteiger partial charge in [0.1, 0.15) is 0 Å². The van der Waals surface area contributed by atoms with Crippen molar-refractivity contribution in [2.45, 2.75) is 20.0 Å². The molecular formula is C17H22ClNO. The third-order valence-corrected chi connectivity index (χ3v) is 3.19. The number of aliphatic hydroxyl groups is 1. The van der Waals surface area contributed by atoms with E-state index in [1.54, 1.807) is 0 Å². The summed E-state index contributed by atoms with van der Waals surface area (Å²) in [7, 11) is 0. The molecule has 0 saturated heterocycles. The second kappa shape index (κ2) is 8.75. The van der Waals surface area contributed by atoms with Crippen molar-refractivity contribution in [3.63, 3.8) is 0 Å². The highest BCUT2D eigenvalue weighted by Crippen LogP contribution is 2.10. The number of benzene rings is 2. The third-order valence-electron chi connectivity index (χ3n) is 3.19. The fourth-order valence-corrected chi connectivity index (χ4v) is 2.15. The van der Waals surface area contributed by atoms with Gasteiger partial charge in [0.05, 0.1) is 6.61 Å². The quantitative estimate of drug-likeness (QED) is 0.882. The molecule has 0 saturated carbocycles. The second-order valence-corrected chi connectivity index (χ2v) is 4.91. The van der Waals surface area contributed by atoms with Gasteiger partial charge in [-0.05, 0) is 18.1 Å². The van der Waals surface area contributed by atoms with Crippen LogP contribution in [0.3, 0.4) is 0 Å². The van der Waals surface area contributed by atoms with Crippen LogP contribution >= 0.6 is 12.4 Å². The number of hydrogen-bond acceptors (Lipinski definition) is 2. The zero-order valence-electron chi connectivity index (χ0n) is 11.8. The van der Waals surface area contributed by atoms with E-state index in [0.717, 1.165) is 13.1 Å². The second-order valence-electron chi connectivity index (χ2n) is 4.91. The minimum absolute atomic E-state index is 0. The highest BCUT2D eigenvalue weighted by molar-refractivity contribution is 5.85. The highest BCUT2D eigenvalue weighted by Gasteiger charge is 2.06. The fraction of sp³-hybridized carbons (Fsp3) is 0.294. The lowest BCUT2D eigenvalue weighted by molar-refractivity contribution is 0.184. The third kappa shape index (κ3) is 5.33. The SMILES string of the molecule is Cc1ccc(CN(CCO)Cc2ccccc2)cc1.Cl. The first kappa shape index (κ1) is 16.7. The van der Waals surface area contributed by atoms with Crippen LogP contribution in [0.4, 0.5) is 0 Å². The summed E-state index contributed by atoms with van der Waals surface area (Å²) in [6.07, 6.45) is 0. The van der Waals surface area contributed by atoms with E-state index in [0.29, 0.717) is 6.54 Å². The van der Waals surface area contributed by atoms with Crippen LogP contribution < -0.4 is 0 Å². The number of aryl methyl sites for hydroxylation is 1. The van der Waals surface area contributed by atoms with Crippen molar-refractivity contribution in [1.29, 1.82) is 0 Å². The van der Waals surface area contributed by atoms with Gasteiger partial charge in [-0.2, -0.15) is 0 Å². The summed E-state index contributed by atoms with van der Waals surface area (Å²) in [6.45, 7) is 4.73. The molecule has 0 atom stereocenters. The van der Waals surface area contributed by atoms with Crippen LogP contribution in [0, 0.1) is 6.92 Å². The molecule has 0 aliphatic rings. The van der Waals surface area contributed by atoms with E-state index in [9.17, 15) is 5.11 Å². The topological polar surface area (TPSA) is 23.5 Å². The lowest BCUT2D eigenvalue weighted by Crippen LogP contribution is -2.26. The van der Waals surface area contributed by atoms with Crippen LogP contribution in [0.5, 0.6) is 0 Å². The number of aliphatic hydroxyl groups excluding tert-OH is 1. The molecule has 2 nitrogen and oxygen atoms in total. The van der Waals surface area contributed by atoms with Gasteiger partial charge in [-0.15, -0.1) is 12.4 Å².